The van der Waals surface area contributed by atoms with E-state index in [0.29, 0.717) is 6.54 Å². The summed E-state index contributed by atoms with van der Waals surface area (Å²) in [6.45, 7) is 1.42. The Hall–Kier alpha value is -1.82. The van der Waals surface area contributed by atoms with Crippen LogP contribution in [0.4, 0.5) is 5.13 Å². The van der Waals surface area contributed by atoms with Gasteiger partial charge in [0.2, 0.25) is 0 Å². The number of fused-ring (bicyclic) bond motifs is 1. The van der Waals surface area contributed by atoms with Crippen molar-refractivity contribution < 1.29 is 14.6 Å². The second-order valence-electron chi connectivity index (χ2n) is 4.95. The van der Waals surface area contributed by atoms with Gasteiger partial charge in [0.1, 0.15) is 5.75 Å². The van der Waals surface area contributed by atoms with Crippen molar-refractivity contribution in [1.82, 2.24) is 4.98 Å². The van der Waals surface area contributed by atoms with E-state index in [2.05, 4.69) is 9.88 Å². The first-order chi connectivity index (χ1) is 9.67. The molecule has 1 saturated heterocycles. The van der Waals surface area contributed by atoms with Gasteiger partial charge in [0.25, 0.3) is 0 Å². The van der Waals surface area contributed by atoms with E-state index in [0.717, 1.165) is 40.5 Å². The molecule has 0 saturated carbocycles. The van der Waals surface area contributed by atoms with E-state index in [1.54, 1.807) is 18.4 Å². The van der Waals surface area contributed by atoms with E-state index >= 15 is 0 Å². The molecule has 1 aromatic heterocycles. The molecule has 1 N–H and O–H groups in total. The number of rotatable bonds is 3. The molecule has 5 nitrogen and oxygen atoms in total. The summed E-state index contributed by atoms with van der Waals surface area (Å²) in [6, 6.07) is 5.80. The number of aliphatic carboxylic acids is 1. The summed E-state index contributed by atoms with van der Waals surface area (Å²) < 4.78 is 6.28. The van der Waals surface area contributed by atoms with Gasteiger partial charge in [0, 0.05) is 13.1 Å². The van der Waals surface area contributed by atoms with Crippen molar-refractivity contribution in [1.29, 1.82) is 0 Å². The topological polar surface area (TPSA) is 62.7 Å². The molecule has 0 amide bonds. The van der Waals surface area contributed by atoms with Crippen molar-refractivity contribution >= 4 is 32.7 Å². The number of methoxy groups -OCH3 is 1. The maximum atomic E-state index is 11.1. The predicted molar refractivity (Wildman–Crippen MR) is 78.7 cm³/mol. The summed E-state index contributed by atoms with van der Waals surface area (Å²) in [4.78, 5) is 17.8. The minimum atomic E-state index is -0.711. The van der Waals surface area contributed by atoms with Crippen LogP contribution >= 0.6 is 11.3 Å². The van der Waals surface area contributed by atoms with Gasteiger partial charge in [-0.3, -0.25) is 4.79 Å². The molecular weight excluding hydrogens is 276 g/mol. The molecule has 1 atom stereocenters. The fourth-order valence-electron chi connectivity index (χ4n) is 2.51. The lowest BCUT2D eigenvalue weighted by atomic mass is 9.99. The third-order valence-electron chi connectivity index (χ3n) is 3.63. The molecule has 1 aliphatic rings. The highest BCUT2D eigenvalue weighted by Gasteiger charge is 2.27. The fourth-order valence-corrected chi connectivity index (χ4v) is 3.54. The minimum Gasteiger partial charge on any atom is -0.497 e. The van der Waals surface area contributed by atoms with Crippen LogP contribution in [0.3, 0.4) is 0 Å². The summed E-state index contributed by atoms with van der Waals surface area (Å²) in [5.41, 5.74) is 0.934. The third kappa shape index (κ3) is 2.43. The number of carboxylic acids is 1. The summed E-state index contributed by atoms with van der Waals surface area (Å²) in [5, 5.41) is 10.1. The maximum Gasteiger partial charge on any atom is 0.308 e. The maximum absolute atomic E-state index is 11.1. The highest BCUT2D eigenvalue weighted by Crippen LogP contribution is 2.33. The lowest BCUT2D eigenvalue weighted by molar-refractivity contribution is -0.141. The number of piperidine rings is 1. The molecule has 0 spiro atoms. The largest absolute Gasteiger partial charge is 0.497 e. The number of carboxylic acid groups (broad SMARTS) is 1. The van der Waals surface area contributed by atoms with Crippen molar-refractivity contribution in [2.24, 2.45) is 5.92 Å². The number of anilines is 1. The van der Waals surface area contributed by atoms with Crippen molar-refractivity contribution in [2.45, 2.75) is 12.8 Å². The predicted octanol–water partition coefficient (Wildman–Crippen LogP) is 2.61. The Morgan fingerprint density at radius 2 is 2.40 bits per heavy atom. The van der Waals surface area contributed by atoms with Crippen molar-refractivity contribution in [3.05, 3.63) is 18.2 Å². The van der Waals surface area contributed by atoms with Crippen LogP contribution in [0.2, 0.25) is 0 Å². The average Bonchev–Trinajstić information content (AvgIpc) is 2.90. The van der Waals surface area contributed by atoms with E-state index in [4.69, 9.17) is 9.84 Å². The van der Waals surface area contributed by atoms with E-state index < -0.39 is 5.97 Å². The van der Waals surface area contributed by atoms with Gasteiger partial charge in [0.05, 0.1) is 23.2 Å². The molecular formula is C14H16N2O3S. The molecule has 2 heterocycles. The molecule has 2 aromatic rings. The van der Waals surface area contributed by atoms with Crippen LogP contribution in [0, 0.1) is 5.92 Å². The molecule has 3 rings (SSSR count). The molecule has 0 bridgehead atoms. The molecule has 6 heteroatoms. The van der Waals surface area contributed by atoms with E-state index in [1.165, 1.54) is 0 Å². The molecule has 0 aliphatic carbocycles. The Morgan fingerprint density at radius 3 is 3.15 bits per heavy atom. The Kier molecular flexibility index (Phi) is 3.48. The number of nitrogens with zero attached hydrogens (tertiary/aromatic N) is 2. The number of benzene rings is 1. The highest BCUT2D eigenvalue weighted by atomic mass is 32.1. The van der Waals surface area contributed by atoms with Crippen molar-refractivity contribution in [3.8, 4) is 5.75 Å². The van der Waals surface area contributed by atoms with Crippen molar-refractivity contribution in [2.75, 3.05) is 25.1 Å². The standard InChI is InChI=1S/C14H16N2O3S/c1-19-10-4-5-11-12(7-10)20-14(15-11)16-6-2-3-9(8-16)13(17)18/h4-5,7,9H,2-3,6,8H2,1H3,(H,17,18)/t9-/m0/s1. The first kappa shape index (κ1) is 13.2. The van der Waals surface area contributed by atoms with Crippen LogP contribution in [0.5, 0.6) is 5.75 Å². The summed E-state index contributed by atoms with van der Waals surface area (Å²) in [7, 11) is 1.64. The first-order valence-corrected chi connectivity index (χ1v) is 7.41. The SMILES string of the molecule is COc1ccc2nc(N3CCC[C@H](C(=O)O)C3)sc2c1. The smallest absolute Gasteiger partial charge is 0.308 e. The summed E-state index contributed by atoms with van der Waals surface area (Å²) in [6.07, 6.45) is 1.65. The van der Waals surface area contributed by atoms with Gasteiger partial charge in [-0.05, 0) is 31.0 Å². The zero-order valence-corrected chi connectivity index (χ0v) is 12.0. The Morgan fingerprint density at radius 1 is 1.55 bits per heavy atom. The lowest BCUT2D eigenvalue weighted by Crippen LogP contribution is -2.38. The van der Waals surface area contributed by atoms with Crippen LogP contribution in [0.15, 0.2) is 18.2 Å². The van der Waals surface area contributed by atoms with Gasteiger partial charge in [-0.2, -0.15) is 0 Å². The highest BCUT2D eigenvalue weighted by molar-refractivity contribution is 7.22. The molecule has 1 aromatic carbocycles. The van der Waals surface area contributed by atoms with Crippen LogP contribution in [0.1, 0.15) is 12.8 Å². The van der Waals surface area contributed by atoms with E-state index in [-0.39, 0.29) is 5.92 Å². The molecule has 1 fully saturated rings. The number of aromatic nitrogens is 1. The fraction of sp³-hybridized carbons (Fsp3) is 0.429. The van der Waals surface area contributed by atoms with Gasteiger partial charge in [-0.25, -0.2) is 4.98 Å². The van der Waals surface area contributed by atoms with Crippen LogP contribution < -0.4 is 9.64 Å². The molecule has 0 radical (unpaired) electrons. The van der Waals surface area contributed by atoms with Gasteiger partial charge in [0.15, 0.2) is 5.13 Å². The van der Waals surface area contributed by atoms with Gasteiger partial charge in [-0.1, -0.05) is 11.3 Å². The van der Waals surface area contributed by atoms with Crippen LogP contribution in [-0.2, 0) is 4.79 Å². The average molecular weight is 292 g/mol. The van der Waals surface area contributed by atoms with E-state index in [9.17, 15) is 4.79 Å². The zero-order valence-electron chi connectivity index (χ0n) is 11.2. The third-order valence-corrected chi connectivity index (χ3v) is 4.70. The Bertz CT molecular complexity index is 640. The van der Waals surface area contributed by atoms with E-state index in [1.807, 2.05) is 18.2 Å². The molecule has 1 aliphatic heterocycles. The summed E-state index contributed by atoms with van der Waals surface area (Å²) >= 11 is 1.59. The number of hydrogen-bond acceptors (Lipinski definition) is 5. The van der Waals surface area contributed by atoms with Crippen LogP contribution in [0.25, 0.3) is 10.2 Å². The lowest BCUT2D eigenvalue weighted by Gasteiger charge is -2.30. The number of ether oxygens (including phenoxy) is 1. The second-order valence-corrected chi connectivity index (χ2v) is 5.96. The second kappa shape index (κ2) is 5.28. The van der Waals surface area contributed by atoms with Crippen LogP contribution in [-0.4, -0.2) is 36.3 Å². The molecule has 106 valence electrons. The molecule has 20 heavy (non-hydrogen) atoms. The number of carbonyl (C=O) groups is 1. The summed E-state index contributed by atoms with van der Waals surface area (Å²) in [5.74, 6) is -0.183. The first-order valence-electron chi connectivity index (χ1n) is 6.59. The molecule has 0 unspecified atom stereocenters. The normalized spacial score (nSPS) is 19.2. The van der Waals surface area contributed by atoms with Crippen molar-refractivity contribution in [3.63, 3.8) is 0 Å². The van der Waals surface area contributed by atoms with Gasteiger partial charge < -0.3 is 14.7 Å². The number of hydrogen-bond donors (Lipinski definition) is 1. The Balaban J connectivity index is 1.88. The van der Waals surface area contributed by atoms with Gasteiger partial charge >= 0.3 is 5.97 Å². The van der Waals surface area contributed by atoms with Gasteiger partial charge in [-0.15, -0.1) is 0 Å². The minimum absolute atomic E-state index is 0.287. The zero-order chi connectivity index (χ0) is 14.1. The number of thiazole rings is 1. The Labute approximate surface area is 120 Å². The quantitative estimate of drug-likeness (QED) is 0.942. The monoisotopic (exact) mass is 292 g/mol.